The van der Waals surface area contributed by atoms with Crippen molar-refractivity contribution in [2.75, 3.05) is 16.8 Å². The van der Waals surface area contributed by atoms with Gasteiger partial charge in [-0.1, -0.05) is 47.5 Å². The van der Waals surface area contributed by atoms with E-state index >= 15 is 0 Å². The predicted octanol–water partition coefficient (Wildman–Crippen LogP) is 8.16. The maximum absolute atomic E-state index is 2.34. The highest BCUT2D eigenvalue weighted by atomic mass is 15.1. The lowest BCUT2D eigenvalue weighted by Crippen LogP contribution is -2.13. The molecule has 0 unspecified atom stereocenters. The van der Waals surface area contributed by atoms with Crippen LogP contribution in [0.2, 0.25) is 0 Å². The maximum atomic E-state index is 2.34. The second-order valence-corrected chi connectivity index (χ2v) is 8.38. The molecule has 0 N–H and O–H groups in total. The first-order valence-electron chi connectivity index (χ1n) is 10.8. The summed E-state index contributed by atoms with van der Waals surface area (Å²) in [5, 5.41) is 0. The molecule has 0 saturated carbocycles. The molecule has 0 atom stereocenters. The van der Waals surface area contributed by atoms with Gasteiger partial charge in [0.25, 0.3) is 0 Å². The van der Waals surface area contributed by atoms with E-state index in [-0.39, 0.29) is 0 Å². The molecule has 0 spiro atoms. The Morgan fingerprint density at radius 1 is 0.484 bits per heavy atom. The van der Waals surface area contributed by atoms with Gasteiger partial charge in [0.2, 0.25) is 0 Å². The van der Waals surface area contributed by atoms with E-state index < -0.39 is 0 Å². The molecule has 0 aromatic heterocycles. The van der Waals surface area contributed by atoms with Crippen LogP contribution in [0, 0.1) is 27.7 Å². The van der Waals surface area contributed by atoms with Gasteiger partial charge in [-0.3, -0.25) is 0 Å². The molecule has 0 bridgehead atoms. The van der Waals surface area contributed by atoms with E-state index in [0.717, 1.165) is 11.4 Å². The van der Waals surface area contributed by atoms with Gasteiger partial charge in [0.1, 0.15) is 0 Å². The van der Waals surface area contributed by atoms with Crippen LogP contribution >= 0.6 is 0 Å². The van der Waals surface area contributed by atoms with E-state index in [9.17, 15) is 0 Å². The van der Waals surface area contributed by atoms with E-state index in [2.05, 4.69) is 136 Å². The molecular weight excluding hydrogens is 376 g/mol. The van der Waals surface area contributed by atoms with Crippen LogP contribution in [0.4, 0.5) is 28.4 Å². The van der Waals surface area contributed by atoms with Crippen LogP contribution in [0.25, 0.3) is 0 Å². The summed E-state index contributed by atoms with van der Waals surface area (Å²) in [6, 6.07) is 32.8. The van der Waals surface area contributed by atoms with Crippen LogP contribution in [0.5, 0.6) is 0 Å². The normalized spacial score (nSPS) is 10.7. The van der Waals surface area contributed by atoms with E-state index in [1.54, 1.807) is 0 Å². The Hall–Kier alpha value is -3.52. The fraction of sp³-hybridized carbons (Fsp3) is 0.172. The number of hydrogen-bond acceptors (Lipinski definition) is 2. The minimum Gasteiger partial charge on any atom is -0.345 e. The summed E-state index contributed by atoms with van der Waals surface area (Å²) in [6.07, 6.45) is 0. The molecule has 0 aliphatic heterocycles. The minimum absolute atomic E-state index is 1.15. The number of hydrogen-bond donors (Lipinski definition) is 0. The van der Waals surface area contributed by atoms with Crippen molar-refractivity contribution in [3.8, 4) is 0 Å². The van der Waals surface area contributed by atoms with Crippen LogP contribution in [0.1, 0.15) is 22.3 Å². The number of aryl methyl sites for hydroxylation is 4. The van der Waals surface area contributed by atoms with Crippen LogP contribution in [0.3, 0.4) is 0 Å². The second kappa shape index (κ2) is 8.69. The molecule has 4 rings (SSSR count). The molecule has 4 aromatic rings. The highest BCUT2D eigenvalue weighted by Crippen LogP contribution is 2.38. The zero-order valence-electron chi connectivity index (χ0n) is 19.1. The Morgan fingerprint density at radius 3 is 1.65 bits per heavy atom. The fourth-order valence-corrected chi connectivity index (χ4v) is 3.99. The molecule has 4 aromatic carbocycles. The van der Waals surface area contributed by atoms with E-state index in [0.29, 0.717) is 0 Å². The fourth-order valence-electron chi connectivity index (χ4n) is 3.99. The third-order valence-corrected chi connectivity index (χ3v) is 5.77. The Labute approximate surface area is 186 Å². The molecule has 0 aliphatic carbocycles. The second-order valence-electron chi connectivity index (χ2n) is 8.38. The van der Waals surface area contributed by atoms with Gasteiger partial charge in [-0.15, -0.1) is 0 Å². The van der Waals surface area contributed by atoms with Crippen molar-refractivity contribution in [3.05, 3.63) is 113 Å². The molecule has 0 saturated heterocycles. The molecule has 0 aliphatic rings. The summed E-state index contributed by atoms with van der Waals surface area (Å²) in [6.45, 7) is 8.58. The molecule has 2 nitrogen and oxygen atoms in total. The largest absolute Gasteiger partial charge is 0.345 e. The van der Waals surface area contributed by atoms with Gasteiger partial charge in [-0.05, 0) is 93.4 Å². The van der Waals surface area contributed by atoms with Crippen molar-refractivity contribution in [3.63, 3.8) is 0 Å². The van der Waals surface area contributed by atoms with Crippen molar-refractivity contribution in [2.45, 2.75) is 27.7 Å². The number of rotatable bonds is 5. The first-order chi connectivity index (χ1) is 14.9. The Morgan fingerprint density at radius 2 is 1.03 bits per heavy atom. The first kappa shape index (κ1) is 20.7. The average Bonchev–Trinajstić information content (AvgIpc) is 2.76. The lowest BCUT2D eigenvalue weighted by molar-refractivity contribution is 1.19. The van der Waals surface area contributed by atoms with Crippen molar-refractivity contribution in [1.29, 1.82) is 0 Å². The molecule has 2 heteroatoms. The summed E-state index contributed by atoms with van der Waals surface area (Å²) in [5.41, 5.74) is 10.9. The van der Waals surface area contributed by atoms with E-state index in [1.165, 1.54) is 39.3 Å². The number of benzene rings is 4. The van der Waals surface area contributed by atoms with Crippen LogP contribution in [0.15, 0.2) is 91.0 Å². The highest BCUT2D eigenvalue weighted by molar-refractivity contribution is 5.79. The Balaban J connectivity index is 1.74. The van der Waals surface area contributed by atoms with Crippen LogP contribution in [-0.2, 0) is 0 Å². The van der Waals surface area contributed by atoms with Gasteiger partial charge in [-0.2, -0.15) is 0 Å². The summed E-state index contributed by atoms with van der Waals surface area (Å²) in [5.74, 6) is 0. The first-order valence-corrected chi connectivity index (χ1v) is 10.8. The third kappa shape index (κ3) is 4.49. The quantitative estimate of drug-likeness (QED) is 0.330. The summed E-state index contributed by atoms with van der Waals surface area (Å²) in [7, 11) is 2.12. The minimum atomic E-state index is 1.15. The van der Waals surface area contributed by atoms with Gasteiger partial charge in [0.15, 0.2) is 0 Å². The molecular formula is C29H30N2. The molecule has 0 fully saturated rings. The molecule has 0 heterocycles. The van der Waals surface area contributed by atoms with Gasteiger partial charge >= 0.3 is 0 Å². The SMILES string of the molecule is Cc1ccc(N(c2ccc(N(C)c3cccc(C)c3)cc2)c2ccc(C)cc2C)cc1. The third-order valence-electron chi connectivity index (χ3n) is 5.77. The average molecular weight is 407 g/mol. The van der Waals surface area contributed by atoms with Crippen molar-refractivity contribution < 1.29 is 0 Å². The molecule has 31 heavy (non-hydrogen) atoms. The Bertz CT molecular complexity index is 1170. The summed E-state index contributed by atoms with van der Waals surface area (Å²) in [4.78, 5) is 4.56. The zero-order valence-corrected chi connectivity index (χ0v) is 19.1. The standard InChI is InChI=1S/C29H30N2/c1-21-9-12-26(13-10-21)31(29-18-11-23(3)19-24(29)4)27-16-14-25(15-17-27)30(5)28-8-6-7-22(2)20-28/h6-20H,1-5H3. The van der Waals surface area contributed by atoms with Gasteiger partial charge < -0.3 is 9.80 Å². The monoisotopic (exact) mass is 406 g/mol. The zero-order chi connectivity index (χ0) is 22.0. The molecule has 156 valence electrons. The summed E-state index contributed by atoms with van der Waals surface area (Å²) < 4.78 is 0. The maximum Gasteiger partial charge on any atom is 0.0490 e. The Kier molecular flexibility index (Phi) is 5.81. The lowest BCUT2D eigenvalue weighted by atomic mass is 10.1. The van der Waals surface area contributed by atoms with Gasteiger partial charge in [0, 0.05) is 35.5 Å². The summed E-state index contributed by atoms with van der Waals surface area (Å²) >= 11 is 0. The van der Waals surface area contributed by atoms with E-state index in [4.69, 9.17) is 0 Å². The topological polar surface area (TPSA) is 6.48 Å². The number of nitrogens with zero attached hydrogens (tertiary/aromatic N) is 2. The van der Waals surface area contributed by atoms with Crippen LogP contribution in [-0.4, -0.2) is 7.05 Å². The molecule has 0 amide bonds. The lowest BCUT2D eigenvalue weighted by Gasteiger charge is -2.28. The van der Waals surface area contributed by atoms with Gasteiger partial charge in [-0.25, -0.2) is 0 Å². The van der Waals surface area contributed by atoms with Crippen molar-refractivity contribution in [1.82, 2.24) is 0 Å². The molecule has 0 radical (unpaired) electrons. The highest BCUT2D eigenvalue weighted by Gasteiger charge is 2.15. The van der Waals surface area contributed by atoms with E-state index in [1.807, 2.05) is 0 Å². The van der Waals surface area contributed by atoms with Crippen molar-refractivity contribution in [2.24, 2.45) is 0 Å². The smallest absolute Gasteiger partial charge is 0.0490 e. The van der Waals surface area contributed by atoms with Gasteiger partial charge in [0.05, 0.1) is 0 Å². The van der Waals surface area contributed by atoms with Crippen molar-refractivity contribution >= 4 is 28.4 Å². The predicted molar refractivity (Wildman–Crippen MR) is 135 cm³/mol. The van der Waals surface area contributed by atoms with Crippen LogP contribution < -0.4 is 9.80 Å². The number of anilines is 5.